The highest BCUT2D eigenvalue weighted by molar-refractivity contribution is 5.76. The molecule has 0 atom stereocenters. The third kappa shape index (κ3) is 4.10. The van der Waals surface area contributed by atoms with Crippen LogP contribution in [0, 0.1) is 6.92 Å². The third-order valence-corrected chi connectivity index (χ3v) is 5.64. The Morgan fingerprint density at radius 3 is 2.00 bits per heavy atom. The molecule has 0 aromatic heterocycles. The normalized spacial score (nSPS) is 20.2. The van der Waals surface area contributed by atoms with E-state index in [1.54, 1.807) is 0 Å². The standard InChI is InChI=1S/C21H32N2/c1-3-17-14-15-20(22-18-10-6-4-7-11-18)16(2)21(17)23-19-12-8-5-9-13-19/h3,14-15,18-19,22-23H,1,4-13H2,2H3. The maximum atomic E-state index is 4.01. The molecule has 1 aromatic rings. The summed E-state index contributed by atoms with van der Waals surface area (Å²) in [5.41, 5.74) is 5.20. The zero-order valence-corrected chi connectivity index (χ0v) is 14.7. The zero-order valence-electron chi connectivity index (χ0n) is 14.7. The second-order valence-corrected chi connectivity index (χ2v) is 7.37. The van der Waals surface area contributed by atoms with Crippen molar-refractivity contribution >= 4 is 17.5 Å². The molecule has 23 heavy (non-hydrogen) atoms. The highest BCUT2D eigenvalue weighted by Gasteiger charge is 2.18. The molecule has 2 saturated carbocycles. The Morgan fingerprint density at radius 2 is 1.43 bits per heavy atom. The van der Waals surface area contributed by atoms with Crippen LogP contribution in [0.5, 0.6) is 0 Å². The Labute approximate surface area is 141 Å². The molecule has 0 aliphatic heterocycles. The van der Waals surface area contributed by atoms with Gasteiger partial charge in [-0.2, -0.15) is 0 Å². The Hall–Kier alpha value is -1.44. The molecule has 2 nitrogen and oxygen atoms in total. The first-order chi connectivity index (χ1) is 11.3. The summed E-state index contributed by atoms with van der Waals surface area (Å²) in [6.07, 6.45) is 15.5. The maximum Gasteiger partial charge on any atom is 0.0466 e. The van der Waals surface area contributed by atoms with Crippen LogP contribution >= 0.6 is 0 Å². The fourth-order valence-corrected chi connectivity index (χ4v) is 4.17. The lowest BCUT2D eigenvalue weighted by atomic mass is 9.93. The topological polar surface area (TPSA) is 24.1 Å². The van der Waals surface area contributed by atoms with Gasteiger partial charge in [0.25, 0.3) is 0 Å². The van der Waals surface area contributed by atoms with Crippen molar-refractivity contribution in [1.82, 2.24) is 0 Å². The molecule has 0 saturated heterocycles. The molecule has 0 spiro atoms. The molecule has 0 unspecified atom stereocenters. The predicted octanol–water partition coefficient (Wildman–Crippen LogP) is 6.13. The van der Waals surface area contributed by atoms with E-state index in [4.69, 9.17) is 0 Å². The van der Waals surface area contributed by atoms with Gasteiger partial charge in [0, 0.05) is 23.5 Å². The average molecular weight is 313 g/mol. The lowest BCUT2D eigenvalue weighted by Crippen LogP contribution is -2.25. The third-order valence-electron chi connectivity index (χ3n) is 5.64. The van der Waals surface area contributed by atoms with Gasteiger partial charge in [0.2, 0.25) is 0 Å². The van der Waals surface area contributed by atoms with Crippen molar-refractivity contribution in [3.8, 4) is 0 Å². The van der Waals surface area contributed by atoms with E-state index in [1.807, 2.05) is 6.08 Å². The molecule has 126 valence electrons. The molecule has 2 aliphatic carbocycles. The molecular formula is C21H32N2. The van der Waals surface area contributed by atoms with Crippen LogP contribution in [-0.2, 0) is 0 Å². The van der Waals surface area contributed by atoms with Crippen LogP contribution in [0.3, 0.4) is 0 Å². The van der Waals surface area contributed by atoms with Gasteiger partial charge in [0.05, 0.1) is 0 Å². The largest absolute Gasteiger partial charge is 0.382 e. The molecule has 3 rings (SSSR count). The van der Waals surface area contributed by atoms with Crippen molar-refractivity contribution in [2.24, 2.45) is 0 Å². The predicted molar refractivity (Wildman–Crippen MR) is 102 cm³/mol. The van der Waals surface area contributed by atoms with E-state index in [1.165, 1.54) is 86.7 Å². The summed E-state index contributed by atoms with van der Waals surface area (Å²) in [7, 11) is 0. The van der Waals surface area contributed by atoms with Crippen LogP contribution in [0.15, 0.2) is 18.7 Å². The van der Waals surface area contributed by atoms with Crippen molar-refractivity contribution in [1.29, 1.82) is 0 Å². The smallest absolute Gasteiger partial charge is 0.0466 e. The van der Waals surface area contributed by atoms with E-state index in [-0.39, 0.29) is 0 Å². The number of hydrogen-bond donors (Lipinski definition) is 2. The lowest BCUT2D eigenvalue weighted by Gasteiger charge is -2.29. The molecule has 0 radical (unpaired) electrons. The number of anilines is 2. The second-order valence-electron chi connectivity index (χ2n) is 7.37. The van der Waals surface area contributed by atoms with Crippen LogP contribution in [0.2, 0.25) is 0 Å². The van der Waals surface area contributed by atoms with E-state index in [0.29, 0.717) is 12.1 Å². The number of rotatable bonds is 5. The van der Waals surface area contributed by atoms with Gasteiger partial charge in [-0.15, -0.1) is 0 Å². The lowest BCUT2D eigenvalue weighted by molar-refractivity contribution is 0.461. The molecule has 2 aliphatic rings. The van der Waals surface area contributed by atoms with E-state index in [2.05, 4.69) is 36.3 Å². The van der Waals surface area contributed by atoms with E-state index in [0.717, 1.165) is 0 Å². The molecule has 2 heteroatoms. The minimum atomic E-state index is 0.631. The van der Waals surface area contributed by atoms with E-state index >= 15 is 0 Å². The van der Waals surface area contributed by atoms with Gasteiger partial charge in [-0.1, -0.05) is 57.2 Å². The quantitative estimate of drug-likeness (QED) is 0.683. The maximum absolute atomic E-state index is 4.01. The van der Waals surface area contributed by atoms with Crippen LogP contribution in [0.1, 0.15) is 75.3 Å². The number of nitrogens with one attached hydrogen (secondary N) is 2. The van der Waals surface area contributed by atoms with Crippen molar-refractivity contribution in [3.05, 3.63) is 29.8 Å². The molecule has 0 heterocycles. The zero-order chi connectivity index (χ0) is 16.1. The van der Waals surface area contributed by atoms with Gasteiger partial charge in [-0.25, -0.2) is 0 Å². The Balaban J connectivity index is 1.77. The SMILES string of the molecule is C=Cc1ccc(NC2CCCCC2)c(C)c1NC1CCCCC1. The van der Waals surface area contributed by atoms with Crippen molar-refractivity contribution < 1.29 is 0 Å². The fraction of sp³-hybridized carbons (Fsp3) is 0.619. The van der Waals surface area contributed by atoms with Gasteiger partial charge in [0.1, 0.15) is 0 Å². The van der Waals surface area contributed by atoms with Gasteiger partial charge in [-0.05, 0) is 49.8 Å². The fourth-order valence-electron chi connectivity index (χ4n) is 4.17. The summed E-state index contributed by atoms with van der Waals surface area (Å²) in [6.45, 7) is 6.26. The van der Waals surface area contributed by atoms with E-state index < -0.39 is 0 Å². The minimum Gasteiger partial charge on any atom is -0.382 e. The summed E-state index contributed by atoms with van der Waals surface area (Å²) >= 11 is 0. The minimum absolute atomic E-state index is 0.631. The van der Waals surface area contributed by atoms with Gasteiger partial charge >= 0.3 is 0 Å². The highest BCUT2D eigenvalue weighted by Crippen LogP contribution is 2.33. The second kappa shape index (κ2) is 7.90. The van der Waals surface area contributed by atoms with E-state index in [9.17, 15) is 0 Å². The Morgan fingerprint density at radius 1 is 0.870 bits per heavy atom. The molecule has 2 N–H and O–H groups in total. The summed E-state index contributed by atoms with van der Waals surface area (Å²) in [6, 6.07) is 5.74. The van der Waals surface area contributed by atoms with Crippen LogP contribution < -0.4 is 10.6 Å². The molecular weight excluding hydrogens is 280 g/mol. The Kier molecular flexibility index (Phi) is 5.64. The first-order valence-electron chi connectivity index (χ1n) is 9.57. The first-order valence-corrected chi connectivity index (χ1v) is 9.57. The van der Waals surface area contributed by atoms with Gasteiger partial charge < -0.3 is 10.6 Å². The number of hydrogen-bond acceptors (Lipinski definition) is 2. The van der Waals surface area contributed by atoms with Crippen molar-refractivity contribution in [2.45, 2.75) is 83.2 Å². The van der Waals surface area contributed by atoms with Gasteiger partial charge in [0.15, 0.2) is 0 Å². The average Bonchev–Trinajstić information content (AvgIpc) is 2.60. The Bertz CT molecular complexity index is 523. The van der Waals surface area contributed by atoms with Crippen LogP contribution in [0.25, 0.3) is 6.08 Å². The molecule has 1 aromatic carbocycles. The van der Waals surface area contributed by atoms with Gasteiger partial charge in [-0.3, -0.25) is 0 Å². The molecule has 2 fully saturated rings. The van der Waals surface area contributed by atoms with Crippen LogP contribution in [-0.4, -0.2) is 12.1 Å². The van der Waals surface area contributed by atoms with Crippen molar-refractivity contribution in [3.63, 3.8) is 0 Å². The first kappa shape index (κ1) is 16.4. The summed E-state index contributed by atoms with van der Waals surface area (Å²) in [4.78, 5) is 0. The monoisotopic (exact) mass is 312 g/mol. The van der Waals surface area contributed by atoms with Crippen molar-refractivity contribution in [2.75, 3.05) is 10.6 Å². The summed E-state index contributed by atoms with van der Waals surface area (Å²) in [5, 5.41) is 7.64. The summed E-state index contributed by atoms with van der Waals surface area (Å²) in [5.74, 6) is 0. The summed E-state index contributed by atoms with van der Waals surface area (Å²) < 4.78 is 0. The molecule has 0 amide bonds. The highest BCUT2D eigenvalue weighted by atomic mass is 15.0. The molecule has 0 bridgehead atoms. The number of benzene rings is 1. The van der Waals surface area contributed by atoms with Crippen LogP contribution in [0.4, 0.5) is 11.4 Å².